The van der Waals surface area contributed by atoms with Gasteiger partial charge in [-0.25, -0.2) is 0 Å². The van der Waals surface area contributed by atoms with Gasteiger partial charge in [-0.05, 0) is 32.7 Å². The summed E-state index contributed by atoms with van der Waals surface area (Å²) in [6, 6.07) is 0.638. The Morgan fingerprint density at radius 3 is 2.33 bits per heavy atom. The van der Waals surface area contributed by atoms with E-state index in [0.717, 1.165) is 12.3 Å². The zero-order chi connectivity index (χ0) is 11.4. The van der Waals surface area contributed by atoms with Crippen molar-refractivity contribution in [3.8, 4) is 0 Å². The minimum atomic E-state index is 0.638. The molecule has 92 valence electrons. The lowest BCUT2D eigenvalue weighted by Gasteiger charge is -2.12. The maximum atomic E-state index is 5.65. The first-order valence-corrected chi connectivity index (χ1v) is 7.14. The minimum absolute atomic E-state index is 0.638. The van der Waals surface area contributed by atoms with Gasteiger partial charge in [-0.3, -0.25) is 0 Å². The van der Waals surface area contributed by atoms with E-state index >= 15 is 0 Å². The standard InChI is InChI=1S/C13H28ClN/c1-3-4-5-6-7-8-12-15-13(2)10-9-11-14/h13,15H,3-12H2,1-2H3. The quantitative estimate of drug-likeness (QED) is 0.414. The Morgan fingerprint density at radius 1 is 1.00 bits per heavy atom. The number of halogens is 1. The summed E-state index contributed by atoms with van der Waals surface area (Å²) in [4.78, 5) is 0. The molecule has 0 aliphatic rings. The SMILES string of the molecule is CCCCCCCCNC(C)CCCCl. The lowest BCUT2D eigenvalue weighted by Crippen LogP contribution is -2.26. The first-order valence-electron chi connectivity index (χ1n) is 6.60. The Morgan fingerprint density at radius 2 is 1.67 bits per heavy atom. The summed E-state index contributed by atoms with van der Waals surface area (Å²) >= 11 is 5.65. The smallest absolute Gasteiger partial charge is 0.0224 e. The van der Waals surface area contributed by atoms with Gasteiger partial charge < -0.3 is 5.32 Å². The van der Waals surface area contributed by atoms with Crippen LogP contribution < -0.4 is 5.32 Å². The number of alkyl halides is 1. The van der Waals surface area contributed by atoms with Gasteiger partial charge in [-0.1, -0.05) is 39.0 Å². The number of nitrogens with one attached hydrogen (secondary N) is 1. The van der Waals surface area contributed by atoms with Gasteiger partial charge in [0.2, 0.25) is 0 Å². The molecule has 0 aliphatic heterocycles. The summed E-state index contributed by atoms with van der Waals surface area (Å²) in [7, 11) is 0. The Labute approximate surface area is 101 Å². The van der Waals surface area contributed by atoms with Crippen LogP contribution in [0.25, 0.3) is 0 Å². The largest absolute Gasteiger partial charge is 0.314 e. The van der Waals surface area contributed by atoms with Crippen LogP contribution in [0.2, 0.25) is 0 Å². The van der Waals surface area contributed by atoms with Gasteiger partial charge >= 0.3 is 0 Å². The highest BCUT2D eigenvalue weighted by Crippen LogP contribution is 2.04. The van der Waals surface area contributed by atoms with Crippen LogP contribution >= 0.6 is 11.6 Å². The lowest BCUT2D eigenvalue weighted by molar-refractivity contribution is 0.488. The molecule has 0 aromatic carbocycles. The molecule has 0 rings (SSSR count). The molecule has 0 amide bonds. The van der Waals surface area contributed by atoms with E-state index in [1.54, 1.807) is 0 Å². The molecule has 15 heavy (non-hydrogen) atoms. The molecule has 1 N–H and O–H groups in total. The molecule has 0 saturated carbocycles. The zero-order valence-corrected chi connectivity index (χ0v) is 11.3. The van der Waals surface area contributed by atoms with Gasteiger partial charge in [0.25, 0.3) is 0 Å². The molecule has 0 aromatic heterocycles. The summed E-state index contributed by atoms with van der Waals surface area (Å²) in [5.74, 6) is 0.795. The summed E-state index contributed by atoms with van der Waals surface area (Å²) in [6.07, 6.45) is 10.6. The molecule has 0 aromatic rings. The molecule has 0 bridgehead atoms. The summed E-state index contributed by atoms with van der Waals surface area (Å²) in [6.45, 7) is 5.69. The van der Waals surface area contributed by atoms with Gasteiger partial charge in [-0.15, -0.1) is 11.6 Å². The number of rotatable bonds is 11. The van der Waals surface area contributed by atoms with Crippen LogP contribution in [0.4, 0.5) is 0 Å². The van der Waals surface area contributed by atoms with Crippen molar-refractivity contribution in [3.05, 3.63) is 0 Å². The van der Waals surface area contributed by atoms with Gasteiger partial charge in [0, 0.05) is 11.9 Å². The topological polar surface area (TPSA) is 12.0 Å². The fourth-order valence-electron chi connectivity index (χ4n) is 1.74. The maximum Gasteiger partial charge on any atom is 0.0224 e. The second-order valence-corrected chi connectivity index (χ2v) is 4.83. The van der Waals surface area contributed by atoms with Gasteiger partial charge in [0.1, 0.15) is 0 Å². The van der Waals surface area contributed by atoms with Gasteiger partial charge in [-0.2, -0.15) is 0 Å². The van der Waals surface area contributed by atoms with E-state index in [4.69, 9.17) is 11.6 Å². The second kappa shape index (κ2) is 12.3. The molecule has 1 nitrogen and oxygen atoms in total. The number of hydrogen-bond donors (Lipinski definition) is 1. The predicted molar refractivity (Wildman–Crippen MR) is 70.8 cm³/mol. The average Bonchev–Trinajstić information content (AvgIpc) is 2.25. The van der Waals surface area contributed by atoms with Gasteiger partial charge in [0.15, 0.2) is 0 Å². The second-order valence-electron chi connectivity index (χ2n) is 4.45. The van der Waals surface area contributed by atoms with Crippen LogP contribution in [-0.4, -0.2) is 18.5 Å². The van der Waals surface area contributed by atoms with Crippen LogP contribution in [-0.2, 0) is 0 Å². The monoisotopic (exact) mass is 233 g/mol. The van der Waals surface area contributed by atoms with E-state index < -0.39 is 0 Å². The third kappa shape index (κ3) is 12.2. The highest BCUT2D eigenvalue weighted by molar-refractivity contribution is 6.17. The van der Waals surface area contributed by atoms with E-state index in [1.165, 1.54) is 51.5 Å². The van der Waals surface area contributed by atoms with Gasteiger partial charge in [0.05, 0.1) is 0 Å². The molecule has 0 heterocycles. The maximum absolute atomic E-state index is 5.65. The average molecular weight is 234 g/mol. The molecule has 0 saturated heterocycles. The third-order valence-corrected chi connectivity index (χ3v) is 3.06. The molecular formula is C13H28ClN. The molecule has 1 atom stereocenters. The molecule has 0 spiro atoms. The van der Waals surface area contributed by atoms with Crippen molar-refractivity contribution >= 4 is 11.6 Å². The van der Waals surface area contributed by atoms with E-state index in [0.29, 0.717) is 6.04 Å². The summed E-state index contributed by atoms with van der Waals surface area (Å²) in [5.41, 5.74) is 0. The van der Waals surface area contributed by atoms with Crippen LogP contribution in [0, 0.1) is 0 Å². The third-order valence-electron chi connectivity index (χ3n) is 2.79. The van der Waals surface area contributed by atoms with E-state index in [1.807, 2.05) is 0 Å². The van der Waals surface area contributed by atoms with E-state index in [2.05, 4.69) is 19.2 Å². The summed E-state index contributed by atoms with van der Waals surface area (Å²) < 4.78 is 0. The Hall–Kier alpha value is 0.250. The minimum Gasteiger partial charge on any atom is -0.314 e. The van der Waals surface area contributed by atoms with Crippen molar-refractivity contribution in [2.24, 2.45) is 0 Å². The Balaban J connectivity index is 3.02. The fourth-order valence-corrected chi connectivity index (χ4v) is 1.89. The molecule has 0 fully saturated rings. The lowest BCUT2D eigenvalue weighted by atomic mass is 10.1. The van der Waals surface area contributed by atoms with Crippen LogP contribution in [0.15, 0.2) is 0 Å². The zero-order valence-electron chi connectivity index (χ0n) is 10.5. The van der Waals surface area contributed by atoms with E-state index in [9.17, 15) is 0 Å². The normalized spacial score (nSPS) is 13.0. The predicted octanol–water partition coefficient (Wildman–Crippen LogP) is 4.34. The first kappa shape index (κ1) is 15.2. The van der Waals surface area contributed by atoms with Crippen molar-refractivity contribution in [2.45, 2.75) is 71.3 Å². The van der Waals surface area contributed by atoms with Crippen molar-refractivity contribution in [1.29, 1.82) is 0 Å². The Bertz CT molecular complexity index is 117. The molecule has 0 aliphatic carbocycles. The highest BCUT2D eigenvalue weighted by atomic mass is 35.5. The summed E-state index contributed by atoms with van der Waals surface area (Å²) in [5, 5.41) is 3.55. The van der Waals surface area contributed by atoms with Crippen molar-refractivity contribution < 1.29 is 0 Å². The molecule has 0 radical (unpaired) electrons. The van der Waals surface area contributed by atoms with Crippen molar-refractivity contribution in [3.63, 3.8) is 0 Å². The first-order chi connectivity index (χ1) is 7.31. The molecule has 2 heteroatoms. The number of unbranched alkanes of at least 4 members (excludes halogenated alkanes) is 5. The fraction of sp³-hybridized carbons (Fsp3) is 1.00. The highest BCUT2D eigenvalue weighted by Gasteiger charge is 1.99. The van der Waals surface area contributed by atoms with Crippen LogP contribution in [0.3, 0.4) is 0 Å². The van der Waals surface area contributed by atoms with Crippen LogP contribution in [0.5, 0.6) is 0 Å². The van der Waals surface area contributed by atoms with Crippen molar-refractivity contribution in [1.82, 2.24) is 5.32 Å². The van der Waals surface area contributed by atoms with E-state index in [-0.39, 0.29) is 0 Å². The Kier molecular flexibility index (Phi) is 12.5. The van der Waals surface area contributed by atoms with Crippen molar-refractivity contribution in [2.75, 3.05) is 12.4 Å². The molecular weight excluding hydrogens is 206 g/mol. The number of hydrogen-bond acceptors (Lipinski definition) is 1. The van der Waals surface area contributed by atoms with Crippen LogP contribution in [0.1, 0.15) is 65.2 Å². The molecule has 1 unspecified atom stereocenters.